The van der Waals surface area contributed by atoms with Crippen LogP contribution in [0.4, 0.5) is 5.69 Å². The fourth-order valence-corrected chi connectivity index (χ4v) is 2.92. The Morgan fingerprint density at radius 3 is 2.13 bits per heavy atom. The highest BCUT2D eigenvalue weighted by Crippen LogP contribution is 2.21. The van der Waals surface area contributed by atoms with Gasteiger partial charge in [-0.25, -0.2) is 4.79 Å². The van der Waals surface area contributed by atoms with Gasteiger partial charge in [0.1, 0.15) is 17.2 Å². The molecule has 0 aromatic heterocycles. The molecule has 0 bridgehead atoms. The average Bonchev–Trinajstić information content (AvgIpc) is 2.76. The van der Waals surface area contributed by atoms with Gasteiger partial charge in [-0.1, -0.05) is 17.7 Å². The Morgan fingerprint density at radius 1 is 0.871 bits per heavy atom. The molecule has 0 fully saturated rings. The van der Waals surface area contributed by atoms with Crippen LogP contribution in [0.2, 0.25) is 0 Å². The van der Waals surface area contributed by atoms with E-state index in [9.17, 15) is 9.59 Å². The first-order valence-corrected chi connectivity index (χ1v) is 9.87. The Labute approximate surface area is 181 Å². The van der Waals surface area contributed by atoms with Crippen molar-refractivity contribution in [2.24, 2.45) is 0 Å². The first-order valence-electron chi connectivity index (χ1n) is 9.87. The van der Waals surface area contributed by atoms with Crippen molar-refractivity contribution in [2.75, 3.05) is 12.4 Å². The number of methoxy groups -OCH3 is 1. The Kier molecular flexibility index (Phi) is 6.92. The lowest BCUT2D eigenvalue weighted by Gasteiger charge is -2.16. The van der Waals surface area contributed by atoms with E-state index >= 15 is 0 Å². The largest absolute Gasteiger partial charge is 0.497 e. The van der Waals surface area contributed by atoms with Gasteiger partial charge in [0.2, 0.25) is 0 Å². The fraction of sp³-hybridized carbons (Fsp3) is 0.200. The number of amides is 1. The number of anilines is 1. The van der Waals surface area contributed by atoms with E-state index in [-0.39, 0.29) is 5.91 Å². The molecule has 160 valence electrons. The second kappa shape index (κ2) is 9.80. The molecule has 0 saturated carbocycles. The van der Waals surface area contributed by atoms with Gasteiger partial charge in [-0.3, -0.25) is 4.79 Å². The van der Waals surface area contributed by atoms with Crippen LogP contribution in [0.15, 0.2) is 66.7 Å². The zero-order valence-electron chi connectivity index (χ0n) is 18.0. The molecule has 1 N–H and O–H groups in total. The number of ether oxygens (including phenoxy) is 3. The number of aryl methyl sites for hydroxylation is 2. The second-order valence-electron chi connectivity index (χ2n) is 7.16. The summed E-state index contributed by atoms with van der Waals surface area (Å²) in [5.41, 5.74) is 3.16. The quantitative estimate of drug-likeness (QED) is 0.434. The first-order chi connectivity index (χ1) is 14.9. The van der Waals surface area contributed by atoms with E-state index in [1.165, 1.54) is 0 Å². The van der Waals surface area contributed by atoms with Gasteiger partial charge in [0, 0.05) is 11.3 Å². The van der Waals surface area contributed by atoms with Crippen LogP contribution in [0.3, 0.4) is 0 Å². The zero-order chi connectivity index (χ0) is 22.4. The molecular formula is C25H25NO5. The van der Waals surface area contributed by atoms with Crippen LogP contribution >= 0.6 is 0 Å². The van der Waals surface area contributed by atoms with E-state index in [1.54, 1.807) is 62.6 Å². The fourth-order valence-electron chi connectivity index (χ4n) is 2.92. The van der Waals surface area contributed by atoms with Crippen molar-refractivity contribution in [1.82, 2.24) is 0 Å². The summed E-state index contributed by atoms with van der Waals surface area (Å²) in [5.74, 6) is 0.896. The summed E-state index contributed by atoms with van der Waals surface area (Å²) in [6.07, 6.45) is -0.778. The van der Waals surface area contributed by atoms with E-state index in [2.05, 4.69) is 5.32 Å². The van der Waals surface area contributed by atoms with E-state index < -0.39 is 12.1 Å². The van der Waals surface area contributed by atoms with Crippen molar-refractivity contribution in [3.05, 3.63) is 83.4 Å². The van der Waals surface area contributed by atoms with Crippen LogP contribution in [-0.4, -0.2) is 25.1 Å². The number of benzene rings is 3. The molecule has 3 rings (SSSR count). The van der Waals surface area contributed by atoms with Gasteiger partial charge in [0.05, 0.1) is 7.11 Å². The van der Waals surface area contributed by atoms with Crippen molar-refractivity contribution in [2.45, 2.75) is 26.9 Å². The maximum atomic E-state index is 12.4. The van der Waals surface area contributed by atoms with Crippen LogP contribution in [-0.2, 0) is 4.79 Å². The molecule has 0 heterocycles. The highest BCUT2D eigenvalue weighted by atomic mass is 16.6. The molecule has 3 aromatic rings. The van der Waals surface area contributed by atoms with Gasteiger partial charge in [-0.2, -0.15) is 0 Å². The molecule has 0 saturated heterocycles. The predicted octanol–water partition coefficient (Wildman–Crippen LogP) is 4.94. The van der Waals surface area contributed by atoms with Crippen molar-refractivity contribution >= 4 is 17.6 Å². The number of carbonyl (C=O) groups excluding carboxylic acids is 2. The van der Waals surface area contributed by atoms with E-state index in [0.717, 1.165) is 11.1 Å². The van der Waals surface area contributed by atoms with Gasteiger partial charge in [0.25, 0.3) is 5.91 Å². The molecule has 0 aliphatic heterocycles. The van der Waals surface area contributed by atoms with Crippen LogP contribution in [0.5, 0.6) is 17.2 Å². The minimum atomic E-state index is -0.778. The summed E-state index contributed by atoms with van der Waals surface area (Å²) < 4.78 is 16.2. The summed E-state index contributed by atoms with van der Waals surface area (Å²) in [6, 6.07) is 19.1. The Morgan fingerprint density at radius 2 is 1.52 bits per heavy atom. The number of hydrogen-bond acceptors (Lipinski definition) is 5. The van der Waals surface area contributed by atoms with Gasteiger partial charge in [0.15, 0.2) is 6.10 Å². The molecule has 0 aliphatic carbocycles. The minimum absolute atomic E-state index is 0.269. The molecular weight excluding hydrogens is 394 g/mol. The second-order valence-corrected chi connectivity index (χ2v) is 7.16. The Balaban J connectivity index is 1.57. The molecule has 31 heavy (non-hydrogen) atoms. The molecule has 6 heteroatoms. The third-order valence-corrected chi connectivity index (χ3v) is 4.65. The first kappa shape index (κ1) is 21.9. The number of nitrogens with one attached hydrogen (secondary N) is 1. The Hall–Kier alpha value is -3.80. The van der Waals surface area contributed by atoms with Gasteiger partial charge in [-0.15, -0.1) is 0 Å². The van der Waals surface area contributed by atoms with Crippen molar-refractivity contribution in [3.63, 3.8) is 0 Å². The molecule has 0 radical (unpaired) electrons. The normalized spacial score (nSPS) is 11.4. The molecule has 1 unspecified atom stereocenters. The SMILES string of the molecule is COc1ccc(NC(=O)c2ccc(OC(=O)C(C)Oc3ccc(C)cc3C)cc2)cc1. The Bertz CT molecular complexity index is 1060. The third-order valence-electron chi connectivity index (χ3n) is 4.65. The number of esters is 1. The van der Waals surface area contributed by atoms with Crippen LogP contribution in [0.1, 0.15) is 28.4 Å². The average molecular weight is 419 g/mol. The van der Waals surface area contributed by atoms with Crippen molar-refractivity contribution in [1.29, 1.82) is 0 Å². The smallest absolute Gasteiger partial charge is 0.352 e. The molecule has 1 amide bonds. The van der Waals surface area contributed by atoms with Gasteiger partial charge in [-0.05, 0) is 80.9 Å². The lowest BCUT2D eigenvalue weighted by atomic mass is 10.1. The number of rotatable bonds is 7. The van der Waals surface area contributed by atoms with E-state index in [0.29, 0.717) is 28.5 Å². The molecule has 0 aliphatic rings. The zero-order valence-corrected chi connectivity index (χ0v) is 18.0. The lowest BCUT2D eigenvalue weighted by Crippen LogP contribution is -2.28. The summed E-state index contributed by atoms with van der Waals surface area (Å²) in [7, 11) is 1.58. The topological polar surface area (TPSA) is 73.9 Å². The molecule has 3 aromatic carbocycles. The van der Waals surface area contributed by atoms with E-state index in [1.807, 2.05) is 32.0 Å². The maximum absolute atomic E-state index is 12.4. The van der Waals surface area contributed by atoms with E-state index in [4.69, 9.17) is 14.2 Å². The van der Waals surface area contributed by atoms with Gasteiger partial charge < -0.3 is 19.5 Å². The molecule has 1 atom stereocenters. The summed E-state index contributed by atoms with van der Waals surface area (Å²) >= 11 is 0. The van der Waals surface area contributed by atoms with Crippen LogP contribution in [0, 0.1) is 13.8 Å². The molecule has 0 spiro atoms. The monoisotopic (exact) mass is 419 g/mol. The summed E-state index contributed by atoms with van der Waals surface area (Å²) in [6.45, 7) is 5.56. The predicted molar refractivity (Wildman–Crippen MR) is 119 cm³/mol. The van der Waals surface area contributed by atoms with Crippen molar-refractivity contribution < 1.29 is 23.8 Å². The maximum Gasteiger partial charge on any atom is 0.352 e. The van der Waals surface area contributed by atoms with Gasteiger partial charge >= 0.3 is 5.97 Å². The highest BCUT2D eigenvalue weighted by Gasteiger charge is 2.18. The number of carbonyl (C=O) groups is 2. The molecule has 6 nitrogen and oxygen atoms in total. The van der Waals surface area contributed by atoms with Crippen LogP contribution in [0.25, 0.3) is 0 Å². The lowest BCUT2D eigenvalue weighted by molar-refractivity contribution is -0.141. The standard InChI is InChI=1S/C25H25NO5/c1-16-5-14-23(17(2)15-16)30-18(3)25(28)31-22-10-6-19(7-11-22)24(27)26-20-8-12-21(29-4)13-9-20/h5-15,18H,1-4H3,(H,26,27). The third kappa shape index (κ3) is 5.85. The van der Waals surface area contributed by atoms with Crippen LogP contribution < -0.4 is 19.5 Å². The number of hydrogen-bond donors (Lipinski definition) is 1. The summed E-state index contributed by atoms with van der Waals surface area (Å²) in [4.78, 5) is 24.8. The summed E-state index contributed by atoms with van der Waals surface area (Å²) in [5, 5.41) is 2.80. The van der Waals surface area contributed by atoms with Crippen molar-refractivity contribution in [3.8, 4) is 17.2 Å². The minimum Gasteiger partial charge on any atom is -0.497 e. The highest BCUT2D eigenvalue weighted by molar-refractivity contribution is 6.04.